The Hall–Kier alpha value is -6.66. The number of para-hydroxylation sites is 3. The van der Waals surface area contributed by atoms with E-state index < -0.39 is 0 Å². The van der Waals surface area contributed by atoms with Crippen LogP contribution in [0.5, 0.6) is 0 Å². The molecule has 1 saturated carbocycles. The molecule has 6 heteroatoms. The standard InChI is InChI=1S/C45H30N6/c1-3-10-39-34(6-1)36-22-24-46-26-41(36)50(39)31-18-14-29(15-19-31)43-44(49-45-33(28-12-13-28)8-5-9-38(45)48-43)30-16-20-32(21-17-30)51-40-11-4-2-7-35(40)37-23-25-47-27-42(37)51/h1-11,14-28H,12-13H2. The molecule has 0 aliphatic heterocycles. The first-order chi connectivity index (χ1) is 25.3. The summed E-state index contributed by atoms with van der Waals surface area (Å²) >= 11 is 0. The average molecular weight is 655 g/mol. The predicted octanol–water partition coefficient (Wildman–Crippen LogP) is 10.8. The molecule has 1 fully saturated rings. The maximum atomic E-state index is 5.44. The van der Waals surface area contributed by atoms with E-state index in [4.69, 9.17) is 9.97 Å². The molecule has 0 N–H and O–H groups in total. The first kappa shape index (κ1) is 28.2. The molecule has 0 amide bonds. The Kier molecular flexibility index (Phi) is 6.04. The molecule has 5 aromatic heterocycles. The van der Waals surface area contributed by atoms with Crippen LogP contribution in [-0.4, -0.2) is 29.1 Å². The van der Waals surface area contributed by atoms with Crippen LogP contribution >= 0.6 is 0 Å². The highest BCUT2D eigenvalue weighted by atomic mass is 15.0. The monoisotopic (exact) mass is 654 g/mol. The summed E-state index contributed by atoms with van der Waals surface area (Å²) < 4.78 is 4.59. The quantitative estimate of drug-likeness (QED) is 0.185. The van der Waals surface area contributed by atoms with Gasteiger partial charge < -0.3 is 9.13 Å². The highest BCUT2D eigenvalue weighted by molar-refractivity contribution is 6.10. The third-order valence-corrected chi connectivity index (χ3v) is 10.5. The molecule has 0 radical (unpaired) electrons. The molecule has 51 heavy (non-hydrogen) atoms. The van der Waals surface area contributed by atoms with Crippen LogP contribution in [0.15, 0.2) is 152 Å². The normalized spacial score (nSPS) is 13.3. The van der Waals surface area contributed by atoms with E-state index >= 15 is 0 Å². The molecular formula is C45H30N6. The Labute approximate surface area is 293 Å². The van der Waals surface area contributed by atoms with E-state index in [1.807, 2.05) is 24.8 Å². The van der Waals surface area contributed by atoms with Gasteiger partial charge in [0.2, 0.25) is 0 Å². The van der Waals surface area contributed by atoms with Crippen molar-refractivity contribution in [2.45, 2.75) is 18.8 Å². The summed E-state index contributed by atoms with van der Waals surface area (Å²) in [5.74, 6) is 0.563. The highest BCUT2D eigenvalue weighted by Crippen LogP contribution is 2.44. The van der Waals surface area contributed by atoms with Gasteiger partial charge in [-0.2, -0.15) is 0 Å². The summed E-state index contributed by atoms with van der Waals surface area (Å²) in [4.78, 5) is 19.7. The fraction of sp³-hybridized carbons (Fsp3) is 0.0667. The Morgan fingerprint density at radius 1 is 0.451 bits per heavy atom. The molecule has 5 heterocycles. The van der Waals surface area contributed by atoms with Crippen LogP contribution in [-0.2, 0) is 0 Å². The van der Waals surface area contributed by atoms with Crippen LogP contribution in [0.2, 0.25) is 0 Å². The zero-order chi connectivity index (χ0) is 33.5. The van der Waals surface area contributed by atoms with Crippen LogP contribution in [0.25, 0.3) is 88.5 Å². The lowest BCUT2D eigenvalue weighted by molar-refractivity contribution is 1.13. The number of aromatic nitrogens is 6. The first-order valence-electron chi connectivity index (χ1n) is 17.5. The number of benzene rings is 5. The van der Waals surface area contributed by atoms with Crippen molar-refractivity contribution in [3.05, 3.63) is 158 Å². The Morgan fingerprint density at radius 3 is 1.51 bits per heavy atom. The minimum atomic E-state index is 0.563. The van der Waals surface area contributed by atoms with E-state index in [0.29, 0.717) is 5.92 Å². The zero-order valence-corrected chi connectivity index (χ0v) is 27.6. The zero-order valence-electron chi connectivity index (χ0n) is 27.6. The summed E-state index contributed by atoms with van der Waals surface area (Å²) in [5.41, 5.74) is 13.7. The molecule has 0 unspecified atom stereocenters. The molecule has 5 aromatic carbocycles. The van der Waals surface area contributed by atoms with E-state index in [1.165, 1.54) is 39.9 Å². The largest absolute Gasteiger partial charge is 0.308 e. The van der Waals surface area contributed by atoms with Crippen molar-refractivity contribution in [3.8, 4) is 33.9 Å². The topological polar surface area (TPSA) is 61.4 Å². The fourth-order valence-electron chi connectivity index (χ4n) is 7.95. The van der Waals surface area contributed by atoms with Crippen molar-refractivity contribution < 1.29 is 0 Å². The lowest BCUT2D eigenvalue weighted by Crippen LogP contribution is -1.99. The number of hydrogen-bond acceptors (Lipinski definition) is 4. The Balaban J connectivity index is 1.07. The van der Waals surface area contributed by atoms with Crippen molar-refractivity contribution in [2.24, 2.45) is 0 Å². The van der Waals surface area contributed by atoms with E-state index in [2.05, 4.69) is 146 Å². The van der Waals surface area contributed by atoms with Crippen LogP contribution in [0.3, 0.4) is 0 Å². The van der Waals surface area contributed by atoms with Gasteiger partial charge in [-0.3, -0.25) is 9.97 Å². The number of hydrogen-bond donors (Lipinski definition) is 0. The molecule has 0 spiro atoms. The van der Waals surface area contributed by atoms with Crippen LogP contribution in [0.1, 0.15) is 24.3 Å². The highest BCUT2D eigenvalue weighted by Gasteiger charge is 2.27. The fourth-order valence-corrected chi connectivity index (χ4v) is 7.95. The average Bonchev–Trinajstić information content (AvgIpc) is 3.92. The molecule has 1 aliphatic rings. The first-order valence-corrected chi connectivity index (χ1v) is 17.5. The van der Waals surface area contributed by atoms with Gasteiger partial charge in [0, 0.05) is 56.4 Å². The van der Waals surface area contributed by atoms with Crippen LogP contribution in [0.4, 0.5) is 0 Å². The van der Waals surface area contributed by atoms with Crippen LogP contribution in [0, 0.1) is 0 Å². The van der Waals surface area contributed by atoms with Crippen molar-refractivity contribution >= 4 is 54.6 Å². The molecule has 1 aliphatic carbocycles. The van der Waals surface area contributed by atoms with Gasteiger partial charge in [0.15, 0.2) is 0 Å². The van der Waals surface area contributed by atoms with Crippen molar-refractivity contribution in [1.82, 2.24) is 29.1 Å². The van der Waals surface area contributed by atoms with E-state index in [-0.39, 0.29) is 0 Å². The second-order valence-electron chi connectivity index (χ2n) is 13.5. The van der Waals surface area contributed by atoms with E-state index in [0.717, 1.165) is 67.0 Å². The molecule has 0 atom stereocenters. The van der Waals surface area contributed by atoms with E-state index in [1.54, 1.807) is 0 Å². The minimum absolute atomic E-state index is 0.563. The third-order valence-electron chi connectivity index (χ3n) is 10.5. The Morgan fingerprint density at radius 2 is 0.961 bits per heavy atom. The van der Waals surface area contributed by atoms with Gasteiger partial charge >= 0.3 is 0 Å². The number of pyridine rings is 2. The molecule has 11 rings (SSSR count). The number of nitrogens with zero attached hydrogens (tertiary/aromatic N) is 6. The summed E-state index contributed by atoms with van der Waals surface area (Å²) in [7, 11) is 0. The second-order valence-corrected chi connectivity index (χ2v) is 13.5. The Bertz CT molecular complexity index is 2860. The lowest BCUT2D eigenvalue weighted by atomic mass is 10.0. The second kappa shape index (κ2) is 10.9. The van der Waals surface area contributed by atoms with Gasteiger partial charge in [-0.25, -0.2) is 9.97 Å². The summed E-state index contributed by atoms with van der Waals surface area (Å²) in [6, 6.07) is 45.2. The SMILES string of the molecule is c1cc(C2CC2)c2nc(-c3ccc(-n4c5ccccc5c5ccncc54)cc3)c(-c3ccc(-n4c5ccccc5c5ccncc54)cc3)nc2c1. The van der Waals surface area contributed by atoms with Gasteiger partial charge in [0.05, 0.1) is 56.9 Å². The number of fused-ring (bicyclic) bond motifs is 7. The third kappa shape index (κ3) is 4.36. The number of rotatable bonds is 5. The van der Waals surface area contributed by atoms with E-state index in [9.17, 15) is 0 Å². The van der Waals surface area contributed by atoms with Gasteiger partial charge in [-0.15, -0.1) is 0 Å². The molecule has 0 bridgehead atoms. The van der Waals surface area contributed by atoms with Crippen LogP contribution < -0.4 is 0 Å². The van der Waals surface area contributed by atoms with Gasteiger partial charge in [-0.05, 0) is 78.9 Å². The molecule has 6 nitrogen and oxygen atoms in total. The van der Waals surface area contributed by atoms with Gasteiger partial charge in [0.25, 0.3) is 0 Å². The smallest absolute Gasteiger partial charge is 0.0973 e. The summed E-state index contributed by atoms with van der Waals surface area (Å²) in [6.45, 7) is 0. The molecule has 240 valence electrons. The molecule has 10 aromatic rings. The van der Waals surface area contributed by atoms with Crippen molar-refractivity contribution in [2.75, 3.05) is 0 Å². The maximum Gasteiger partial charge on any atom is 0.0973 e. The molecular weight excluding hydrogens is 625 g/mol. The maximum absolute atomic E-state index is 5.44. The lowest BCUT2D eigenvalue weighted by Gasteiger charge is -2.14. The minimum Gasteiger partial charge on any atom is -0.308 e. The summed E-state index contributed by atoms with van der Waals surface area (Å²) in [6.07, 6.45) is 10.1. The molecule has 0 saturated heterocycles. The van der Waals surface area contributed by atoms with Gasteiger partial charge in [-0.1, -0.05) is 72.8 Å². The van der Waals surface area contributed by atoms with Crippen molar-refractivity contribution in [1.29, 1.82) is 0 Å². The summed E-state index contributed by atoms with van der Waals surface area (Å²) in [5, 5.41) is 4.82. The van der Waals surface area contributed by atoms with Crippen molar-refractivity contribution in [3.63, 3.8) is 0 Å². The van der Waals surface area contributed by atoms with Gasteiger partial charge in [0.1, 0.15) is 0 Å². The predicted molar refractivity (Wildman–Crippen MR) is 207 cm³/mol.